The van der Waals surface area contributed by atoms with Crippen molar-refractivity contribution in [2.24, 2.45) is 4.99 Å². The van der Waals surface area contributed by atoms with E-state index in [0.717, 1.165) is 22.6 Å². The van der Waals surface area contributed by atoms with E-state index in [-0.39, 0.29) is 19.2 Å². The van der Waals surface area contributed by atoms with Gasteiger partial charge in [-0.15, -0.1) is 0 Å². The number of fused-ring (bicyclic) bond motifs is 1. The highest BCUT2D eigenvalue weighted by molar-refractivity contribution is 5.86. The SMILES string of the molecule is CCNC(=NCc1ccc2c(c1)OCO2)NCC(=O)NCc1ccccc1. The third-order valence-electron chi connectivity index (χ3n) is 3.95. The van der Waals surface area contributed by atoms with Crippen LogP contribution in [0.5, 0.6) is 11.5 Å². The molecule has 0 fully saturated rings. The summed E-state index contributed by atoms with van der Waals surface area (Å²) in [5.41, 5.74) is 2.07. The van der Waals surface area contributed by atoms with Crippen LogP contribution in [0.4, 0.5) is 0 Å². The lowest BCUT2D eigenvalue weighted by molar-refractivity contribution is -0.120. The summed E-state index contributed by atoms with van der Waals surface area (Å²) in [5.74, 6) is 1.99. The van der Waals surface area contributed by atoms with Gasteiger partial charge >= 0.3 is 0 Å². The Hall–Kier alpha value is -3.22. The molecular weight excluding hydrogens is 344 g/mol. The lowest BCUT2D eigenvalue weighted by atomic mass is 10.2. The Morgan fingerprint density at radius 1 is 1.00 bits per heavy atom. The predicted octanol–water partition coefficient (Wildman–Crippen LogP) is 1.79. The summed E-state index contributed by atoms with van der Waals surface area (Å²) < 4.78 is 10.7. The summed E-state index contributed by atoms with van der Waals surface area (Å²) >= 11 is 0. The van der Waals surface area contributed by atoms with Gasteiger partial charge in [0.25, 0.3) is 0 Å². The average Bonchev–Trinajstić information content (AvgIpc) is 3.17. The molecule has 0 unspecified atom stereocenters. The second-order valence-electron chi connectivity index (χ2n) is 6.00. The molecule has 1 aliphatic heterocycles. The molecule has 1 heterocycles. The Labute approximate surface area is 158 Å². The number of amides is 1. The van der Waals surface area contributed by atoms with E-state index in [0.29, 0.717) is 25.6 Å². The topological polar surface area (TPSA) is 84.0 Å². The number of aliphatic imine (C=N–C) groups is 1. The zero-order chi connectivity index (χ0) is 18.9. The quantitative estimate of drug-likeness (QED) is 0.513. The smallest absolute Gasteiger partial charge is 0.239 e. The van der Waals surface area contributed by atoms with E-state index in [2.05, 4.69) is 20.9 Å². The minimum absolute atomic E-state index is 0.0902. The lowest BCUT2D eigenvalue weighted by Gasteiger charge is -2.11. The van der Waals surface area contributed by atoms with Crippen LogP contribution in [0, 0.1) is 0 Å². The van der Waals surface area contributed by atoms with Gasteiger partial charge in [-0.1, -0.05) is 36.4 Å². The Morgan fingerprint density at radius 3 is 2.63 bits per heavy atom. The molecular formula is C20H24N4O3. The maximum atomic E-state index is 12.0. The number of nitrogens with zero attached hydrogens (tertiary/aromatic N) is 1. The van der Waals surface area contributed by atoms with Crippen LogP contribution in [-0.2, 0) is 17.9 Å². The Balaban J connectivity index is 1.49. The normalized spacial score (nSPS) is 12.6. The van der Waals surface area contributed by atoms with Crippen molar-refractivity contribution < 1.29 is 14.3 Å². The van der Waals surface area contributed by atoms with Crippen LogP contribution in [0.25, 0.3) is 0 Å². The largest absolute Gasteiger partial charge is 0.454 e. The molecule has 3 N–H and O–H groups in total. The fraction of sp³-hybridized carbons (Fsp3) is 0.300. The Morgan fingerprint density at radius 2 is 1.81 bits per heavy atom. The molecule has 2 aromatic rings. The molecule has 142 valence electrons. The number of carbonyl (C=O) groups excluding carboxylic acids is 1. The number of ether oxygens (including phenoxy) is 2. The molecule has 3 rings (SSSR count). The molecule has 0 atom stereocenters. The fourth-order valence-corrected chi connectivity index (χ4v) is 2.57. The molecule has 0 spiro atoms. The highest BCUT2D eigenvalue weighted by Gasteiger charge is 2.13. The van der Waals surface area contributed by atoms with Gasteiger partial charge in [-0.05, 0) is 30.2 Å². The van der Waals surface area contributed by atoms with Gasteiger partial charge < -0.3 is 25.4 Å². The third kappa shape index (κ3) is 5.64. The lowest BCUT2D eigenvalue weighted by Crippen LogP contribution is -2.43. The molecule has 7 nitrogen and oxygen atoms in total. The van der Waals surface area contributed by atoms with E-state index in [1.54, 1.807) is 0 Å². The van der Waals surface area contributed by atoms with Crippen LogP contribution in [0.3, 0.4) is 0 Å². The number of hydrogen-bond acceptors (Lipinski definition) is 4. The van der Waals surface area contributed by atoms with Crippen LogP contribution < -0.4 is 25.4 Å². The van der Waals surface area contributed by atoms with E-state index in [9.17, 15) is 4.79 Å². The van der Waals surface area contributed by atoms with Crippen molar-refractivity contribution in [1.29, 1.82) is 0 Å². The van der Waals surface area contributed by atoms with Crippen LogP contribution in [0.1, 0.15) is 18.1 Å². The Bertz CT molecular complexity index is 793. The van der Waals surface area contributed by atoms with Crippen molar-refractivity contribution in [3.8, 4) is 11.5 Å². The van der Waals surface area contributed by atoms with Crippen molar-refractivity contribution >= 4 is 11.9 Å². The zero-order valence-electron chi connectivity index (χ0n) is 15.3. The molecule has 0 bridgehead atoms. The number of carbonyl (C=O) groups is 1. The summed E-state index contributed by atoms with van der Waals surface area (Å²) in [6.45, 7) is 4.07. The van der Waals surface area contributed by atoms with E-state index >= 15 is 0 Å². The Kier molecular flexibility index (Phi) is 6.51. The number of benzene rings is 2. The number of nitrogens with one attached hydrogen (secondary N) is 3. The molecule has 0 radical (unpaired) electrons. The van der Waals surface area contributed by atoms with Crippen LogP contribution in [0.15, 0.2) is 53.5 Å². The average molecular weight is 368 g/mol. The van der Waals surface area contributed by atoms with Gasteiger partial charge in [0.2, 0.25) is 12.7 Å². The minimum atomic E-state index is -0.0902. The van der Waals surface area contributed by atoms with E-state index in [1.807, 2.05) is 55.5 Å². The molecule has 0 aromatic heterocycles. The van der Waals surface area contributed by atoms with Gasteiger partial charge in [-0.2, -0.15) is 0 Å². The summed E-state index contributed by atoms with van der Waals surface area (Å²) in [4.78, 5) is 16.6. The maximum absolute atomic E-state index is 12.0. The first-order valence-electron chi connectivity index (χ1n) is 8.96. The molecule has 0 aliphatic carbocycles. The highest BCUT2D eigenvalue weighted by Crippen LogP contribution is 2.32. The standard InChI is InChI=1S/C20H24N4O3/c1-2-21-20(23-12-16-8-9-17-18(10-16)27-14-26-17)24-13-19(25)22-11-15-6-4-3-5-7-15/h3-10H,2,11-14H2,1H3,(H,22,25)(H2,21,23,24). The van der Waals surface area contributed by atoms with Gasteiger partial charge in [-0.3, -0.25) is 4.79 Å². The zero-order valence-corrected chi connectivity index (χ0v) is 15.3. The van der Waals surface area contributed by atoms with Gasteiger partial charge in [0.05, 0.1) is 13.1 Å². The van der Waals surface area contributed by atoms with Crippen LogP contribution >= 0.6 is 0 Å². The fourth-order valence-electron chi connectivity index (χ4n) is 2.57. The van der Waals surface area contributed by atoms with E-state index < -0.39 is 0 Å². The van der Waals surface area contributed by atoms with Crippen molar-refractivity contribution in [3.05, 3.63) is 59.7 Å². The van der Waals surface area contributed by atoms with E-state index in [1.165, 1.54) is 0 Å². The molecule has 7 heteroatoms. The number of hydrogen-bond donors (Lipinski definition) is 3. The summed E-state index contributed by atoms with van der Waals surface area (Å²) in [7, 11) is 0. The third-order valence-corrected chi connectivity index (χ3v) is 3.95. The molecule has 1 amide bonds. The predicted molar refractivity (Wildman–Crippen MR) is 104 cm³/mol. The van der Waals surface area contributed by atoms with Gasteiger partial charge in [0.15, 0.2) is 17.5 Å². The highest BCUT2D eigenvalue weighted by atomic mass is 16.7. The summed E-state index contributed by atoms with van der Waals surface area (Å²) in [6, 6.07) is 15.6. The van der Waals surface area contributed by atoms with Gasteiger partial charge in [-0.25, -0.2) is 4.99 Å². The molecule has 0 saturated carbocycles. The minimum Gasteiger partial charge on any atom is -0.454 e. The van der Waals surface area contributed by atoms with Crippen LogP contribution in [0.2, 0.25) is 0 Å². The van der Waals surface area contributed by atoms with Crippen LogP contribution in [-0.4, -0.2) is 31.7 Å². The van der Waals surface area contributed by atoms with E-state index in [4.69, 9.17) is 9.47 Å². The first kappa shape index (κ1) is 18.6. The second kappa shape index (κ2) is 9.47. The van der Waals surface area contributed by atoms with Crippen molar-refractivity contribution in [1.82, 2.24) is 16.0 Å². The second-order valence-corrected chi connectivity index (χ2v) is 6.00. The monoisotopic (exact) mass is 368 g/mol. The molecule has 0 saturated heterocycles. The summed E-state index contributed by atoms with van der Waals surface area (Å²) in [5, 5.41) is 9.07. The number of guanidine groups is 1. The molecule has 2 aromatic carbocycles. The molecule has 27 heavy (non-hydrogen) atoms. The van der Waals surface area contributed by atoms with Crippen molar-refractivity contribution in [2.45, 2.75) is 20.0 Å². The van der Waals surface area contributed by atoms with Gasteiger partial charge in [0, 0.05) is 13.1 Å². The first-order chi connectivity index (χ1) is 13.2. The maximum Gasteiger partial charge on any atom is 0.239 e. The summed E-state index contributed by atoms with van der Waals surface area (Å²) in [6.07, 6.45) is 0. The van der Waals surface area contributed by atoms with Gasteiger partial charge in [0.1, 0.15) is 0 Å². The van der Waals surface area contributed by atoms with Crippen molar-refractivity contribution in [3.63, 3.8) is 0 Å². The number of rotatable bonds is 7. The first-order valence-corrected chi connectivity index (χ1v) is 8.96. The van der Waals surface area contributed by atoms with Crippen molar-refractivity contribution in [2.75, 3.05) is 19.9 Å². The molecule has 1 aliphatic rings.